The Balaban J connectivity index is 1.86. The molecule has 0 spiro atoms. The first-order valence-electron chi connectivity index (χ1n) is 7.83. The molecular weight excluding hydrogens is 300 g/mol. The highest BCUT2D eigenvalue weighted by Gasteiger charge is 2.54. The van der Waals surface area contributed by atoms with Crippen molar-refractivity contribution < 1.29 is 0 Å². The van der Waals surface area contributed by atoms with Gasteiger partial charge in [0, 0.05) is 0 Å². The lowest BCUT2D eigenvalue weighted by Crippen LogP contribution is -2.04. The van der Waals surface area contributed by atoms with Crippen molar-refractivity contribution in [3.63, 3.8) is 0 Å². The second-order valence-electron chi connectivity index (χ2n) is 6.01. The minimum absolute atomic E-state index is 0.517. The van der Waals surface area contributed by atoms with Crippen LogP contribution < -0.4 is 0 Å². The van der Waals surface area contributed by atoms with Crippen molar-refractivity contribution in [2.24, 2.45) is 0 Å². The lowest BCUT2D eigenvalue weighted by molar-refractivity contribution is 1.13. The molecule has 3 aromatic rings. The maximum Gasteiger partial charge on any atom is 0.121 e. The lowest BCUT2D eigenvalue weighted by Gasteiger charge is -2.13. The van der Waals surface area contributed by atoms with Crippen LogP contribution >= 0.6 is 11.6 Å². The predicted octanol–water partition coefficient (Wildman–Crippen LogP) is 6.05. The summed E-state index contributed by atoms with van der Waals surface area (Å²) in [7, 11) is 0. The van der Waals surface area contributed by atoms with Crippen molar-refractivity contribution in [2.45, 2.75) is 11.8 Å². The van der Waals surface area contributed by atoms with E-state index in [9.17, 15) is 0 Å². The fourth-order valence-electron chi connectivity index (χ4n) is 3.23. The van der Waals surface area contributed by atoms with Crippen LogP contribution in [0.4, 0.5) is 0 Å². The van der Waals surface area contributed by atoms with E-state index in [0.29, 0.717) is 0 Å². The van der Waals surface area contributed by atoms with Crippen LogP contribution in [-0.2, 0) is 4.87 Å². The van der Waals surface area contributed by atoms with E-state index in [0.717, 1.165) is 5.56 Å². The van der Waals surface area contributed by atoms with Crippen molar-refractivity contribution in [3.8, 4) is 0 Å². The Labute approximate surface area is 142 Å². The number of alkyl halides is 1. The highest BCUT2D eigenvalue weighted by atomic mass is 35.5. The summed E-state index contributed by atoms with van der Waals surface area (Å²) >= 11 is 7.15. The third kappa shape index (κ3) is 2.31. The molecule has 0 N–H and O–H groups in total. The number of hydrogen-bond donors (Lipinski definition) is 0. The smallest absolute Gasteiger partial charge is 0.103 e. The first-order chi connectivity index (χ1) is 11.2. The predicted molar refractivity (Wildman–Crippen MR) is 98.4 cm³/mol. The van der Waals surface area contributed by atoms with Gasteiger partial charge in [-0.1, -0.05) is 90.5 Å². The Hall–Kier alpha value is -2.31. The van der Waals surface area contributed by atoms with Crippen molar-refractivity contribution in [2.75, 3.05) is 0 Å². The van der Waals surface area contributed by atoms with Gasteiger partial charge in [-0.2, -0.15) is 0 Å². The second kappa shape index (κ2) is 5.40. The first kappa shape index (κ1) is 14.3. The summed E-state index contributed by atoms with van der Waals surface area (Å²) in [5.74, 6) is 0. The normalized spacial score (nSPS) is 15.6. The van der Waals surface area contributed by atoms with Crippen LogP contribution in [0.2, 0.25) is 0 Å². The first-order valence-corrected chi connectivity index (χ1v) is 8.21. The van der Waals surface area contributed by atoms with E-state index < -0.39 is 4.87 Å². The minimum Gasteiger partial charge on any atom is -0.103 e. The molecule has 0 aromatic heterocycles. The molecule has 0 heterocycles. The van der Waals surface area contributed by atoms with Crippen LogP contribution in [0.15, 0.2) is 84.9 Å². The molecule has 1 aliphatic carbocycles. The van der Waals surface area contributed by atoms with E-state index in [2.05, 4.69) is 79.7 Å². The summed E-state index contributed by atoms with van der Waals surface area (Å²) in [5, 5.41) is 0. The maximum atomic E-state index is 7.15. The quantitative estimate of drug-likeness (QED) is 0.516. The summed E-state index contributed by atoms with van der Waals surface area (Å²) < 4.78 is 0. The van der Waals surface area contributed by atoms with E-state index in [1.807, 2.05) is 12.1 Å². The van der Waals surface area contributed by atoms with Crippen LogP contribution in [-0.4, -0.2) is 0 Å². The highest BCUT2D eigenvalue weighted by molar-refractivity contribution is 6.48. The van der Waals surface area contributed by atoms with Crippen molar-refractivity contribution in [1.82, 2.24) is 0 Å². The molecule has 4 rings (SSSR count). The number of hydrogen-bond acceptors (Lipinski definition) is 0. The Morgan fingerprint density at radius 1 is 0.609 bits per heavy atom. The van der Waals surface area contributed by atoms with Gasteiger partial charge in [-0.3, -0.25) is 0 Å². The van der Waals surface area contributed by atoms with Crippen molar-refractivity contribution in [1.29, 1.82) is 0 Å². The summed E-state index contributed by atoms with van der Waals surface area (Å²) in [5.41, 5.74) is 7.22. The van der Waals surface area contributed by atoms with Crippen LogP contribution in [0, 0.1) is 6.92 Å². The van der Waals surface area contributed by atoms with Gasteiger partial charge in [0.2, 0.25) is 0 Å². The molecule has 23 heavy (non-hydrogen) atoms. The molecule has 0 unspecified atom stereocenters. The number of aryl methyl sites for hydroxylation is 1. The maximum absolute atomic E-state index is 7.15. The molecule has 0 saturated heterocycles. The molecule has 0 saturated carbocycles. The van der Waals surface area contributed by atoms with Gasteiger partial charge in [0.25, 0.3) is 0 Å². The Kier molecular flexibility index (Phi) is 3.36. The summed E-state index contributed by atoms with van der Waals surface area (Å²) in [6, 6.07) is 29.4. The number of allylic oxidation sites excluding steroid dienone is 2. The van der Waals surface area contributed by atoms with Gasteiger partial charge in [0.1, 0.15) is 4.87 Å². The van der Waals surface area contributed by atoms with Crippen molar-refractivity contribution in [3.05, 3.63) is 107 Å². The molecule has 112 valence electrons. The molecule has 1 heteroatoms. The molecule has 0 radical (unpaired) electrons. The van der Waals surface area contributed by atoms with Crippen LogP contribution in [0.3, 0.4) is 0 Å². The SMILES string of the molecule is Cc1ccc(C2(Cl)C(c3ccccc3)=C2c2ccccc2)cc1. The molecule has 3 aromatic carbocycles. The third-order valence-electron chi connectivity index (χ3n) is 4.45. The van der Waals surface area contributed by atoms with E-state index in [1.54, 1.807) is 0 Å². The third-order valence-corrected chi connectivity index (χ3v) is 5.05. The molecule has 0 atom stereocenters. The van der Waals surface area contributed by atoms with Gasteiger partial charge in [-0.05, 0) is 34.8 Å². The average molecular weight is 317 g/mol. The number of rotatable bonds is 3. The summed E-state index contributed by atoms with van der Waals surface area (Å²) in [4.78, 5) is -0.517. The molecule has 0 aliphatic heterocycles. The monoisotopic (exact) mass is 316 g/mol. The van der Waals surface area contributed by atoms with E-state index in [1.165, 1.54) is 27.8 Å². The summed E-state index contributed by atoms with van der Waals surface area (Å²) in [6.07, 6.45) is 0. The van der Waals surface area contributed by atoms with Gasteiger partial charge in [-0.15, -0.1) is 11.6 Å². The highest BCUT2D eigenvalue weighted by Crippen LogP contribution is 2.67. The average Bonchev–Trinajstić information content (AvgIpc) is 3.24. The Bertz CT molecular complexity index is 809. The lowest BCUT2D eigenvalue weighted by atomic mass is 9.99. The zero-order valence-electron chi connectivity index (χ0n) is 13.0. The van der Waals surface area contributed by atoms with Gasteiger partial charge in [0.05, 0.1) is 0 Å². The molecule has 0 nitrogen and oxygen atoms in total. The van der Waals surface area contributed by atoms with Crippen LogP contribution in [0.1, 0.15) is 22.3 Å². The molecular formula is C22H17Cl. The Morgan fingerprint density at radius 2 is 1.04 bits per heavy atom. The Morgan fingerprint density at radius 3 is 1.48 bits per heavy atom. The zero-order valence-corrected chi connectivity index (χ0v) is 13.7. The molecule has 0 bridgehead atoms. The standard InChI is InChI=1S/C22H17Cl/c1-16-12-14-19(15-13-16)22(23)20(17-8-4-2-5-9-17)21(22)18-10-6-3-7-11-18/h2-15H,1H3. The molecule has 0 fully saturated rings. The molecule has 1 aliphatic rings. The van der Waals surface area contributed by atoms with Crippen LogP contribution in [0.5, 0.6) is 0 Å². The van der Waals surface area contributed by atoms with Gasteiger partial charge in [-0.25, -0.2) is 0 Å². The molecule has 0 amide bonds. The zero-order chi connectivity index (χ0) is 15.9. The van der Waals surface area contributed by atoms with E-state index >= 15 is 0 Å². The number of benzene rings is 3. The summed E-state index contributed by atoms with van der Waals surface area (Å²) in [6.45, 7) is 2.10. The van der Waals surface area contributed by atoms with Crippen molar-refractivity contribution >= 4 is 22.7 Å². The van der Waals surface area contributed by atoms with E-state index in [-0.39, 0.29) is 0 Å². The fourth-order valence-corrected chi connectivity index (χ4v) is 3.71. The minimum atomic E-state index is -0.517. The largest absolute Gasteiger partial charge is 0.121 e. The topological polar surface area (TPSA) is 0 Å². The van der Waals surface area contributed by atoms with Gasteiger partial charge < -0.3 is 0 Å². The fraction of sp³-hybridized carbons (Fsp3) is 0.0909. The van der Waals surface area contributed by atoms with Crippen LogP contribution in [0.25, 0.3) is 11.1 Å². The number of halogens is 1. The second-order valence-corrected chi connectivity index (χ2v) is 6.57. The van der Waals surface area contributed by atoms with Gasteiger partial charge in [0.15, 0.2) is 0 Å². The van der Waals surface area contributed by atoms with Gasteiger partial charge >= 0.3 is 0 Å². The van der Waals surface area contributed by atoms with E-state index in [4.69, 9.17) is 11.6 Å².